The van der Waals surface area contributed by atoms with Crippen molar-refractivity contribution in [2.24, 2.45) is 34.0 Å². The lowest BCUT2D eigenvalue weighted by Gasteiger charge is -2.60. The first-order valence-electron chi connectivity index (χ1n) is 13.2. The third-order valence-corrected chi connectivity index (χ3v) is 10.7. The molecule has 7 atom stereocenters. The minimum Gasteiger partial charge on any atom is -0.393 e. The molecule has 1 aliphatic heterocycles. The number of hydrogen-bond acceptors (Lipinski definition) is 4. The van der Waals surface area contributed by atoms with Gasteiger partial charge in [-0.1, -0.05) is 46.3 Å². The van der Waals surface area contributed by atoms with Crippen LogP contribution in [0.25, 0.3) is 0 Å². The van der Waals surface area contributed by atoms with Gasteiger partial charge in [-0.3, -0.25) is 4.90 Å². The summed E-state index contributed by atoms with van der Waals surface area (Å²) in [5, 5.41) is 22.2. The van der Waals surface area contributed by atoms with Gasteiger partial charge in [0.15, 0.2) is 0 Å². The number of ether oxygens (including phenoxy) is 1. The van der Waals surface area contributed by atoms with Crippen molar-refractivity contribution in [3.05, 3.63) is 22.8 Å². The van der Waals surface area contributed by atoms with E-state index in [9.17, 15) is 10.2 Å². The maximum absolute atomic E-state index is 11.5. The van der Waals surface area contributed by atoms with Gasteiger partial charge in [-0.05, 0) is 77.8 Å². The van der Waals surface area contributed by atoms with Crippen LogP contribution in [0.1, 0.15) is 73.1 Å². The highest BCUT2D eigenvalue weighted by molar-refractivity contribution is 5.50. The molecule has 4 heteroatoms. The van der Waals surface area contributed by atoms with Gasteiger partial charge in [0.2, 0.25) is 0 Å². The Kier molecular flexibility index (Phi) is 5.72. The van der Waals surface area contributed by atoms with Crippen LogP contribution in [0.5, 0.6) is 0 Å². The molecule has 4 nitrogen and oxygen atoms in total. The number of fused-ring (bicyclic) bond motifs is 4. The zero-order valence-electron chi connectivity index (χ0n) is 21.0. The SMILES string of the molecule is C[C@H](CN1CCOCC1)[C@H]1CC=C2C3=C(CC[C@@]21C)[C@@]1(C)CCC(O)C(C)(C)C1C(O)C3. The first-order valence-corrected chi connectivity index (χ1v) is 13.2. The van der Waals surface area contributed by atoms with Crippen molar-refractivity contribution in [1.29, 1.82) is 0 Å². The predicted molar refractivity (Wildman–Crippen MR) is 128 cm³/mol. The number of aliphatic hydroxyl groups excluding tert-OH is 2. The molecule has 0 spiro atoms. The zero-order chi connectivity index (χ0) is 22.9. The van der Waals surface area contributed by atoms with E-state index >= 15 is 0 Å². The molecule has 32 heavy (non-hydrogen) atoms. The van der Waals surface area contributed by atoms with Crippen LogP contribution in [0.3, 0.4) is 0 Å². The fourth-order valence-electron chi connectivity index (χ4n) is 9.04. The molecule has 0 radical (unpaired) electrons. The van der Waals surface area contributed by atoms with E-state index in [1.54, 1.807) is 11.1 Å². The Hall–Kier alpha value is -0.680. The minimum atomic E-state index is -0.364. The molecular formula is C28H45NO3. The van der Waals surface area contributed by atoms with Crippen molar-refractivity contribution < 1.29 is 14.9 Å². The standard InChI is InChI=1S/C28H45NO3/c1-18(17-29-12-14-32-15-13-29)20-6-7-21-19-16-23(30)25-26(2,3)24(31)9-11-28(25,5)22(19)8-10-27(20,21)4/h7,18,20,23-25,30-31H,6,8-17H2,1-5H3/t18-,20-,23?,24?,25?,27-,28-/m1/s1. The molecule has 1 saturated heterocycles. The number of nitrogens with zero attached hydrogens (tertiary/aromatic N) is 1. The maximum Gasteiger partial charge on any atom is 0.0623 e. The summed E-state index contributed by atoms with van der Waals surface area (Å²) in [6.07, 6.45) is 8.06. The summed E-state index contributed by atoms with van der Waals surface area (Å²) >= 11 is 0. The van der Waals surface area contributed by atoms with E-state index in [1.165, 1.54) is 25.0 Å². The number of morpholine rings is 1. The van der Waals surface area contributed by atoms with Crippen LogP contribution in [0, 0.1) is 34.0 Å². The Morgan fingerprint density at radius 2 is 1.81 bits per heavy atom. The predicted octanol–water partition coefficient (Wildman–Crippen LogP) is 4.57. The molecule has 1 heterocycles. The van der Waals surface area contributed by atoms with Gasteiger partial charge < -0.3 is 14.9 Å². The molecule has 0 amide bonds. The monoisotopic (exact) mass is 443 g/mol. The van der Waals surface area contributed by atoms with Crippen molar-refractivity contribution in [3.63, 3.8) is 0 Å². The summed E-state index contributed by atoms with van der Waals surface area (Å²) in [5.74, 6) is 1.48. The van der Waals surface area contributed by atoms with Gasteiger partial charge >= 0.3 is 0 Å². The average molecular weight is 444 g/mol. The van der Waals surface area contributed by atoms with Gasteiger partial charge in [-0.2, -0.15) is 0 Å². The summed E-state index contributed by atoms with van der Waals surface area (Å²) in [7, 11) is 0. The molecule has 0 aromatic heterocycles. The van der Waals surface area contributed by atoms with Gasteiger partial charge in [0, 0.05) is 25.6 Å². The number of allylic oxidation sites excluding steroid dienone is 3. The van der Waals surface area contributed by atoms with Crippen LogP contribution >= 0.6 is 0 Å². The highest BCUT2D eigenvalue weighted by Gasteiger charge is 2.60. The van der Waals surface area contributed by atoms with Crippen LogP contribution in [-0.2, 0) is 4.74 Å². The van der Waals surface area contributed by atoms with Crippen LogP contribution in [0.15, 0.2) is 22.8 Å². The molecule has 2 fully saturated rings. The van der Waals surface area contributed by atoms with Crippen LogP contribution in [-0.4, -0.2) is 60.2 Å². The Bertz CT molecular complexity index is 809. The lowest BCUT2D eigenvalue weighted by atomic mass is 9.45. The van der Waals surface area contributed by atoms with Gasteiger partial charge in [-0.25, -0.2) is 0 Å². The van der Waals surface area contributed by atoms with Crippen molar-refractivity contribution in [1.82, 2.24) is 4.90 Å². The van der Waals surface area contributed by atoms with Crippen LogP contribution in [0.2, 0.25) is 0 Å². The second-order valence-corrected chi connectivity index (χ2v) is 12.8. The molecule has 0 bridgehead atoms. The Morgan fingerprint density at radius 3 is 2.53 bits per heavy atom. The Morgan fingerprint density at radius 1 is 1.09 bits per heavy atom. The first kappa shape index (κ1) is 23.1. The van der Waals surface area contributed by atoms with Crippen LogP contribution < -0.4 is 0 Å². The first-order chi connectivity index (χ1) is 15.1. The van der Waals surface area contributed by atoms with Gasteiger partial charge in [-0.15, -0.1) is 0 Å². The van der Waals surface area contributed by atoms with E-state index in [-0.39, 0.29) is 34.4 Å². The highest BCUT2D eigenvalue weighted by Crippen LogP contribution is 2.66. The van der Waals surface area contributed by atoms with Crippen molar-refractivity contribution in [3.8, 4) is 0 Å². The maximum atomic E-state index is 11.5. The fourth-order valence-corrected chi connectivity index (χ4v) is 9.04. The lowest BCUT2D eigenvalue weighted by molar-refractivity contribution is -0.135. The summed E-state index contributed by atoms with van der Waals surface area (Å²) in [6.45, 7) is 16.8. The second-order valence-electron chi connectivity index (χ2n) is 12.8. The van der Waals surface area contributed by atoms with E-state index in [0.29, 0.717) is 11.8 Å². The molecule has 2 N–H and O–H groups in total. The molecule has 3 unspecified atom stereocenters. The van der Waals surface area contributed by atoms with Gasteiger partial charge in [0.25, 0.3) is 0 Å². The number of aliphatic hydroxyl groups is 2. The van der Waals surface area contributed by atoms with Crippen LogP contribution in [0.4, 0.5) is 0 Å². The summed E-state index contributed by atoms with van der Waals surface area (Å²) in [4.78, 5) is 2.59. The average Bonchev–Trinajstić information content (AvgIpc) is 3.09. The molecular weight excluding hydrogens is 398 g/mol. The van der Waals surface area contributed by atoms with Crippen molar-refractivity contribution >= 4 is 0 Å². The van der Waals surface area contributed by atoms with E-state index < -0.39 is 0 Å². The normalized spacial score (nSPS) is 45.0. The lowest BCUT2D eigenvalue weighted by Crippen LogP contribution is -2.58. The van der Waals surface area contributed by atoms with E-state index in [4.69, 9.17) is 4.74 Å². The smallest absolute Gasteiger partial charge is 0.0623 e. The molecule has 180 valence electrons. The van der Waals surface area contributed by atoms with Crippen molar-refractivity contribution in [2.75, 3.05) is 32.8 Å². The largest absolute Gasteiger partial charge is 0.393 e. The van der Waals surface area contributed by atoms with E-state index in [1.807, 2.05) is 0 Å². The quantitative estimate of drug-likeness (QED) is 0.671. The minimum absolute atomic E-state index is 0.00933. The topological polar surface area (TPSA) is 52.9 Å². The zero-order valence-corrected chi connectivity index (χ0v) is 21.0. The van der Waals surface area contributed by atoms with E-state index in [2.05, 4.69) is 45.6 Å². The fraction of sp³-hybridized carbons (Fsp3) is 0.857. The highest BCUT2D eigenvalue weighted by atomic mass is 16.5. The summed E-state index contributed by atoms with van der Waals surface area (Å²) < 4.78 is 5.56. The Labute approximate surface area is 195 Å². The van der Waals surface area contributed by atoms with E-state index in [0.717, 1.165) is 52.0 Å². The second kappa shape index (κ2) is 7.93. The van der Waals surface area contributed by atoms with Crippen molar-refractivity contribution in [2.45, 2.75) is 85.4 Å². The molecule has 1 saturated carbocycles. The molecule has 0 aromatic carbocycles. The third kappa shape index (κ3) is 3.31. The summed E-state index contributed by atoms with van der Waals surface area (Å²) in [6, 6.07) is 0. The molecule has 5 aliphatic rings. The Balaban J connectivity index is 1.43. The molecule has 5 rings (SSSR count). The third-order valence-electron chi connectivity index (χ3n) is 10.7. The summed E-state index contributed by atoms with van der Waals surface area (Å²) in [5.41, 5.74) is 4.69. The molecule has 0 aromatic rings. The number of hydrogen-bond donors (Lipinski definition) is 2. The number of rotatable bonds is 3. The molecule has 4 aliphatic carbocycles. The van der Waals surface area contributed by atoms with Gasteiger partial charge in [0.05, 0.1) is 25.4 Å². The van der Waals surface area contributed by atoms with Gasteiger partial charge in [0.1, 0.15) is 0 Å².